The topological polar surface area (TPSA) is 101 Å². The number of pyridine rings is 1. The molecule has 1 unspecified atom stereocenters. The number of hydrogen-bond acceptors (Lipinski definition) is 7. The Morgan fingerprint density at radius 2 is 2.03 bits per heavy atom. The highest BCUT2D eigenvalue weighted by Gasteiger charge is 2.36. The van der Waals surface area contributed by atoms with Crippen molar-refractivity contribution in [3.05, 3.63) is 52.7 Å². The predicted octanol–water partition coefficient (Wildman–Crippen LogP) is 3.96. The van der Waals surface area contributed by atoms with E-state index in [1.54, 1.807) is 4.68 Å². The van der Waals surface area contributed by atoms with Crippen LogP contribution in [0.2, 0.25) is 0 Å². The van der Waals surface area contributed by atoms with Gasteiger partial charge in [0.15, 0.2) is 5.82 Å². The fraction of sp³-hybridized carbons (Fsp3) is 0.458. The molecule has 0 bridgehead atoms. The highest BCUT2D eigenvalue weighted by molar-refractivity contribution is 6.03. The highest BCUT2D eigenvalue weighted by Crippen LogP contribution is 2.37. The molecule has 1 aliphatic heterocycles. The van der Waals surface area contributed by atoms with E-state index in [-0.39, 0.29) is 23.9 Å². The third kappa shape index (κ3) is 4.35. The van der Waals surface area contributed by atoms with Crippen LogP contribution in [0.1, 0.15) is 54.5 Å². The molecular formula is C24H27F3N8O. The lowest BCUT2D eigenvalue weighted by Gasteiger charge is -2.37. The molecule has 1 amide bonds. The minimum atomic E-state index is -4.46. The van der Waals surface area contributed by atoms with Gasteiger partial charge in [-0.25, -0.2) is 4.98 Å². The Hall–Kier alpha value is -3.70. The molecule has 0 aromatic carbocycles. The monoisotopic (exact) mass is 500 g/mol. The lowest BCUT2D eigenvalue weighted by atomic mass is 9.99. The third-order valence-corrected chi connectivity index (χ3v) is 6.65. The molecule has 190 valence electrons. The van der Waals surface area contributed by atoms with Gasteiger partial charge in [-0.05, 0) is 37.3 Å². The Labute approximate surface area is 206 Å². The summed E-state index contributed by atoms with van der Waals surface area (Å²) < 4.78 is 40.0. The zero-order valence-corrected chi connectivity index (χ0v) is 20.4. The highest BCUT2D eigenvalue weighted by atomic mass is 19.4. The number of nitrogens with zero attached hydrogens (tertiary/aromatic N) is 6. The van der Waals surface area contributed by atoms with Gasteiger partial charge in [0.05, 0.1) is 24.0 Å². The maximum absolute atomic E-state index is 12.8. The first-order valence-corrected chi connectivity index (χ1v) is 11.8. The molecule has 0 radical (unpaired) electrons. The van der Waals surface area contributed by atoms with Crippen LogP contribution in [-0.2, 0) is 23.9 Å². The summed E-state index contributed by atoms with van der Waals surface area (Å²) in [6.07, 6.45) is 0.262. The maximum Gasteiger partial charge on any atom is 0.433 e. The van der Waals surface area contributed by atoms with Crippen LogP contribution >= 0.6 is 0 Å². The second kappa shape index (κ2) is 8.75. The number of rotatable bonds is 5. The van der Waals surface area contributed by atoms with Crippen molar-refractivity contribution < 1.29 is 18.0 Å². The van der Waals surface area contributed by atoms with Gasteiger partial charge < -0.3 is 15.5 Å². The normalized spacial score (nSPS) is 19.3. The molecule has 4 heterocycles. The molecule has 2 atom stereocenters. The summed E-state index contributed by atoms with van der Waals surface area (Å²) >= 11 is 0. The summed E-state index contributed by atoms with van der Waals surface area (Å²) in [6, 6.07) is 2.02. The largest absolute Gasteiger partial charge is 0.433 e. The van der Waals surface area contributed by atoms with E-state index in [2.05, 4.69) is 25.7 Å². The fourth-order valence-corrected chi connectivity index (χ4v) is 4.94. The molecular weight excluding hydrogens is 473 g/mol. The Morgan fingerprint density at radius 3 is 2.69 bits per heavy atom. The van der Waals surface area contributed by atoms with Crippen LogP contribution in [0.25, 0.3) is 0 Å². The van der Waals surface area contributed by atoms with E-state index >= 15 is 0 Å². The van der Waals surface area contributed by atoms with Crippen molar-refractivity contribution >= 4 is 23.4 Å². The van der Waals surface area contributed by atoms with Gasteiger partial charge in [0, 0.05) is 25.0 Å². The number of halogens is 3. The molecule has 0 saturated carbocycles. The molecule has 2 aliphatic rings. The summed E-state index contributed by atoms with van der Waals surface area (Å²) in [7, 11) is 1.87. The lowest BCUT2D eigenvalue weighted by Crippen LogP contribution is -2.49. The number of likely N-dealkylation sites (N-methyl/N-ethyl adjacent to an activating group) is 1. The minimum absolute atomic E-state index is 0.0543. The van der Waals surface area contributed by atoms with Gasteiger partial charge >= 0.3 is 6.18 Å². The number of aryl methyl sites for hydroxylation is 2. The van der Waals surface area contributed by atoms with Gasteiger partial charge in [0.1, 0.15) is 17.4 Å². The molecule has 3 aromatic heterocycles. The molecule has 2 N–H and O–H groups in total. The number of nitrogens with one attached hydrogen (secondary N) is 2. The molecule has 0 fully saturated rings. The van der Waals surface area contributed by atoms with E-state index in [1.807, 2.05) is 38.9 Å². The molecule has 0 spiro atoms. The smallest absolute Gasteiger partial charge is 0.347 e. The molecule has 12 heteroatoms. The first-order valence-electron chi connectivity index (χ1n) is 11.8. The SMILES string of the molecule is Cc1nc(N[C@@H]2CCc3nn(Cc4ccc(C(F)(F)F)nc4)cc32)nc2c1NC(=O)C(C(C)C)N2C. The number of carbonyl (C=O) groups is 1. The Morgan fingerprint density at radius 1 is 1.25 bits per heavy atom. The van der Waals surface area contributed by atoms with Gasteiger partial charge in [0.25, 0.3) is 0 Å². The van der Waals surface area contributed by atoms with E-state index in [4.69, 9.17) is 4.98 Å². The summed E-state index contributed by atoms with van der Waals surface area (Å²) in [4.78, 5) is 27.3. The van der Waals surface area contributed by atoms with Gasteiger partial charge in [0.2, 0.25) is 11.9 Å². The Balaban J connectivity index is 1.34. The first kappa shape index (κ1) is 24.0. The molecule has 5 rings (SSSR count). The van der Waals surface area contributed by atoms with Crippen LogP contribution < -0.4 is 15.5 Å². The van der Waals surface area contributed by atoms with Crippen molar-refractivity contribution in [3.8, 4) is 0 Å². The van der Waals surface area contributed by atoms with Gasteiger partial charge in [-0.1, -0.05) is 19.9 Å². The number of hydrogen-bond donors (Lipinski definition) is 2. The number of anilines is 3. The van der Waals surface area contributed by atoms with Crippen molar-refractivity contribution in [2.45, 2.75) is 58.4 Å². The second-order valence-corrected chi connectivity index (χ2v) is 9.63. The molecule has 0 saturated heterocycles. The number of amides is 1. The lowest BCUT2D eigenvalue weighted by molar-refractivity contribution is -0.141. The average molecular weight is 501 g/mol. The van der Waals surface area contributed by atoms with Gasteiger partial charge in [-0.15, -0.1) is 0 Å². The summed E-state index contributed by atoms with van der Waals surface area (Å²) in [5.74, 6) is 1.18. The van der Waals surface area contributed by atoms with Gasteiger partial charge in [-0.2, -0.15) is 23.3 Å². The van der Waals surface area contributed by atoms with E-state index in [9.17, 15) is 18.0 Å². The first-order chi connectivity index (χ1) is 17.0. The Kier molecular flexibility index (Phi) is 5.84. The molecule has 9 nitrogen and oxygen atoms in total. The number of fused-ring (bicyclic) bond motifs is 2. The van der Waals surface area contributed by atoms with Crippen LogP contribution in [-0.4, -0.2) is 43.7 Å². The van der Waals surface area contributed by atoms with Crippen molar-refractivity contribution in [2.75, 3.05) is 22.6 Å². The van der Waals surface area contributed by atoms with E-state index in [0.29, 0.717) is 35.3 Å². The van der Waals surface area contributed by atoms with Crippen LogP contribution in [0, 0.1) is 12.8 Å². The predicted molar refractivity (Wildman–Crippen MR) is 128 cm³/mol. The van der Waals surface area contributed by atoms with E-state index in [0.717, 1.165) is 30.2 Å². The van der Waals surface area contributed by atoms with Crippen LogP contribution in [0.3, 0.4) is 0 Å². The Bertz CT molecular complexity index is 1300. The number of aromatic nitrogens is 5. The summed E-state index contributed by atoms with van der Waals surface area (Å²) in [5.41, 5.74) is 2.96. The maximum atomic E-state index is 12.8. The second-order valence-electron chi connectivity index (χ2n) is 9.63. The van der Waals surface area contributed by atoms with Crippen LogP contribution in [0.4, 0.5) is 30.6 Å². The van der Waals surface area contributed by atoms with Crippen molar-refractivity contribution in [3.63, 3.8) is 0 Å². The zero-order valence-electron chi connectivity index (χ0n) is 20.4. The number of carbonyl (C=O) groups excluding carboxylic acids is 1. The standard InChI is InChI=1S/C24H27F3N8O/c1-12(2)20-22(36)31-19-13(3)29-23(32-21(19)34(20)4)30-16-6-7-17-15(16)11-35(33-17)10-14-5-8-18(28-9-14)24(25,26)27/h5,8-9,11-12,16,20H,6-7,10H2,1-4H3,(H,31,36)(H,29,30,32)/t16-,20?/m1/s1. The summed E-state index contributed by atoms with van der Waals surface area (Å²) in [6.45, 7) is 6.15. The van der Waals surface area contributed by atoms with Crippen molar-refractivity contribution in [1.29, 1.82) is 0 Å². The van der Waals surface area contributed by atoms with Crippen molar-refractivity contribution in [2.24, 2.45) is 5.92 Å². The number of alkyl halides is 3. The molecule has 3 aromatic rings. The summed E-state index contributed by atoms with van der Waals surface area (Å²) in [5, 5.41) is 11.0. The van der Waals surface area contributed by atoms with E-state index in [1.165, 1.54) is 12.3 Å². The molecule has 1 aliphatic carbocycles. The minimum Gasteiger partial charge on any atom is -0.347 e. The van der Waals surface area contributed by atoms with Crippen LogP contribution in [0.15, 0.2) is 24.5 Å². The third-order valence-electron chi connectivity index (χ3n) is 6.65. The molecule has 36 heavy (non-hydrogen) atoms. The fourth-order valence-electron chi connectivity index (χ4n) is 4.94. The van der Waals surface area contributed by atoms with Crippen molar-refractivity contribution in [1.82, 2.24) is 24.7 Å². The van der Waals surface area contributed by atoms with E-state index < -0.39 is 11.9 Å². The van der Waals surface area contributed by atoms with Gasteiger partial charge in [-0.3, -0.25) is 14.5 Å². The van der Waals surface area contributed by atoms with Crippen LogP contribution in [0.5, 0.6) is 0 Å². The average Bonchev–Trinajstić information content (AvgIpc) is 3.35. The quantitative estimate of drug-likeness (QED) is 0.547. The zero-order chi connectivity index (χ0) is 25.8.